The Hall–Kier alpha value is -0.340. The minimum Gasteiger partial charge on any atom is -0.388 e. The number of aliphatic hydroxyl groups excluding tert-OH is 1. The molecular formula is C14H24OS. The summed E-state index contributed by atoms with van der Waals surface area (Å²) in [7, 11) is 0. The predicted molar refractivity (Wildman–Crippen MR) is 72.0 cm³/mol. The highest BCUT2D eigenvalue weighted by Gasteiger charge is 2.08. The number of hydrogen-bond acceptors (Lipinski definition) is 2. The fourth-order valence-electron chi connectivity index (χ4n) is 1.89. The molecule has 1 aromatic heterocycles. The van der Waals surface area contributed by atoms with Gasteiger partial charge in [0, 0.05) is 9.75 Å². The molecule has 16 heavy (non-hydrogen) atoms. The average molecular weight is 240 g/mol. The van der Waals surface area contributed by atoms with E-state index >= 15 is 0 Å². The van der Waals surface area contributed by atoms with Gasteiger partial charge in [0.15, 0.2) is 0 Å². The predicted octanol–water partition coefficient (Wildman–Crippen LogP) is 4.84. The van der Waals surface area contributed by atoms with Gasteiger partial charge in [-0.2, -0.15) is 0 Å². The Morgan fingerprint density at radius 1 is 1.12 bits per heavy atom. The van der Waals surface area contributed by atoms with Crippen LogP contribution < -0.4 is 0 Å². The van der Waals surface area contributed by atoms with Crippen molar-refractivity contribution in [3.63, 3.8) is 0 Å². The second-order valence-electron chi connectivity index (χ2n) is 4.52. The second-order valence-corrected chi connectivity index (χ2v) is 5.84. The highest BCUT2D eigenvalue weighted by molar-refractivity contribution is 7.11. The summed E-state index contributed by atoms with van der Waals surface area (Å²) in [5.41, 5.74) is 0. The lowest BCUT2D eigenvalue weighted by atomic mass is 10.1. The molecule has 0 aromatic carbocycles. The number of thiophene rings is 1. The monoisotopic (exact) mass is 240 g/mol. The zero-order valence-electron chi connectivity index (χ0n) is 10.5. The maximum atomic E-state index is 9.95. The summed E-state index contributed by atoms with van der Waals surface area (Å²) in [6.45, 7) is 4.33. The van der Waals surface area contributed by atoms with Gasteiger partial charge in [-0.3, -0.25) is 0 Å². The largest absolute Gasteiger partial charge is 0.388 e. The van der Waals surface area contributed by atoms with Gasteiger partial charge in [0.25, 0.3) is 0 Å². The second kappa shape index (κ2) is 7.86. The summed E-state index contributed by atoms with van der Waals surface area (Å²) >= 11 is 1.72. The number of hydrogen-bond donors (Lipinski definition) is 1. The fraction of sp³-hybridized carbons (Fsp3) is 0.714. The summed E-state index contributed by atoms with van der Waals surface area (Å²) in [4.78, 5) is 2.42. The Morgan fingerprint density at radius 2 is 1.81 bits per heavy atom. The molecule has 0 aliphatic carbocycles. The van der Waals surface area contributed by atoms with Crippen LogP contribution in [0.25, 0.3) is 0 Å². The van der Waals surface area contributed by atoms with Gasteiger partial charge < -0.3 is 5.11 Å². The standard InChI is InChI=1S/C14H24OS/c1-3-4-5-6-7-8-9-13(15)14-11-10-12(2)16-14/h10-11,13,15H,3-9H2,1-2H3. The normalized spacial score (nSPS) is 12.9. The maximum absolute atomic E-state index is 9.95. The van der Waals surface area contributed by atoms with E-state index in [0.717, 1.165) is 17.7 Å². The third-order valence-corrected chi connectivity index (χ3v) is 4.02. The molecule has 1 aromatic rings. The van der Waals surface area contributed by atoms with Gasteiger partial charge in [-0.25, -0.2) is 0 Å². The first kappa shape index (κ1) is 13.7. The van der Waals surface area contributed by atoms with Gasteiger partial charge in [0.1, 0.15) is 0 Å². The Morgan fingerprint density at radius 3 is 2.44 bits per heavy atom. The van der Waals surface area contributed by atoms with E-state index in [4.69, 9.17) is 0 Å². The molecule has 92 valence electrons. The zero-order valence-corrected chi connectivity index (χ0v) is 11.4. The summed E-state index contributed by atoms with van der Waals surface area (Å²) in [6.07, 6.45) is 8.44. The van der Waals surface area contributed by atoms with Crippen molar-refractivity contribution in [3.05, 3.63) is 21.9 Å². The van der Waals surface area contributed by atoms with Crippen molar-refractivity contribution in [2.45, 2.75) is 64.9 Å². The van der Waals surface area contributed by atoms with E-state index in [0.29, 0.717) is 0 Å². The van der Waals surface area contributed by atoms with E-state index in [-0.39, 0.29) is 6.10 Å². The van der Waals surface area contributed by atoms with Crippen molar-refractivity contribution in [2.24, 2.45) is 0 Å². The lowest BCUT2D eigenvalue weighted by Gasteiger charge is -2.07. The molecule has 0 amide bonds. The first-order chi connectivity index (χ1) is 7.74. The lowest BCUT2D eigenvalue weighted by molar-refractivity contribution is 0.167. The van der Waals surface area contributed by atoms with Gasteiger partial charge in [-0.05, 0) is 25.5 Å². The fourth-order valence-corrected chi connectivity index (χ4v) is 2.79. The minimum atomic E-state index is -0.232. The highest BCUT2D eigenvalue weighted by Crippen LogP contribution is 2.26. The van der Waals surface area contributed by atoms with Gasteiger partial charge in [-0.15, -0.1) is 11.3 Å². The first-order valence-corrected chi connectivity index (χ1v) is 7.30. The van der Waals surface area contributed by atoms with Crippen molar-refractivity contribution in [1.29, 1.82) is 0 Å². The van der Waals surface area contributed by atoms with Crippen LogP contribution in [0.15, 0.2) is 12.1 Å². The molecule has 1 N–H and O–H groups in total. The van der Waals surface area contributed by atoms with Crippen LogP contribution in [-0.2, 0) is 0 Å². The molecule has 1 nitrogen and oxygen atoms in total. The van der Waals surface area contributed by atoms with Gasteiger partial charge >= 0.3 is 0 Å². The highest BCUT2D eigenvalue weighted by atomic mass is 32.1. The van der Waals surface area contributed by atoms with Crippen LogP contribution >= 0.6 is 11.3 Å². The summed E-state index contributed by atoms with van der Waals surface area (Å²) < 4.78 is 0. The van der Waals surface area contributed by atoms with Crippen LogP contribution in [0.5, 0.6) is 0 Å². The molecule has 1 atom stereocenters. The molecule has 0 aliphatic rings. The average Bonchev–Trinajstić information content (AvgIpc) is 2.70. The quantitative estimate of drug-likeness (QED) is 0.645. The van der Waals surface area contributed by atoms with Gasteiger partial charge in [0.05, 0.1) is 6.10 Å². The molecule has 1 rings (SSSR count). The Bertz CT molecular complexity index is 280. The zero-order chi connectivity index (χ0) is 11.8. The smallest absolute Gasteiger partial charge is 0.0882 e. The minimum absolute atomic E-state index is 0.232. The van der Waals surface area contributed by atoms with Crippen molar-refractivity contribution in [3.8, 4) is 0 Å². The molecule has 0 spiro atoms. The van der Waals surface area contributed by atoms with Crippen LogP contribution in [0.3, 0.4) is 0 Å². The number of rotatable bonds is 8. The number of aliphatic hydroxyl groups is 1. The third-order valence-electron chi connectivity index (χ3n) is 2.92. The molecule has 0 radical (unpaired) electrons. The Balaban J connectivity index is 2.09. The van der Waals surface area contributed by atoms with Crippen LogP contribution in [0.1, 0.15) is 67.7 Å². The Labute approximate surface area is 104 Å². The van der Waals surface area contributed by atoms with Crippen LogP contribution in [0, 0.1) is 6.92 Å². The molecular weight excluding hydrogens is 216 g/mol. The molecule has 2 heteroatoms. The van der Waals surface area contributed by atoms with Crippen LogP contribution in [0.2, 0.25) is 0 Å². The van der Waals surface area contributed by atoms with Crippen molar-refractivity contribution in [1.82, 2.24) is 0 Å². The molecule has 1 heterocycles. The molecule has 0 fully saturated rings. The number of unbranched alkanes of at least 4 members (excludes halogenated alkanes) is 5. The van der Waals surface area contributed by atoms with E-state index in [9.17, 15) is 5.11 Å². The van der Waals surface area contributed by atoms with E-state index in [1.54, 1.807) is 11.3 Å². The summed E-state index contributed by atoms with van der Waals surface area (Å²) in [6, 6.07) is 4.15. The topological polar surface area (TPSA) is 20.2 Å². The number of aryl methyl sites for hydroxylation is 1. The van der Waals surface area contributed by atoms with E-state index < -0.39 is 0 Å². The molecule has 1 unspecified atom stereocenters. The van der Waals surface area contributed by atoms with Gasteiger partial charge in [-0.1, -0.05) is 45.4 Å². The SMILES string of the molecule is CCCCCCCCC(O)c1ccc(C)s1. The molecule has 0 aliphatic heterocycles. The first-order valence-electron chi connectivity index (χ1n) is 6.48. The van der Waals surface area contributed by atoms with E-state index in [1.807, 2.05) is 0 Å². The molecule has 0 saturated carbocycles. The van der Waals surface area contributed by atoms with Crippen molar-refractivity contribution in [2.75, 3.05) is 0 Å². The maximum Gasteiger partial charge on any atom is 0.0882 e. The van der Waals surface area contributed by atoms with Crippen LogP contribution in [-0.4, -0.2) is 5.11 Å². The van der Waals surface area contributed by atoms with Crippen molar-refractivity contribution < 1.29 is 5.11 Å². The lowest BCUT2D eigenvalue weighted by Crippen LogP contribution is -1.94. The molecule has 0 bridgehead atoms. The summed E-state index contributed by atoms with van der Waals surface area (Å²) in [5, 5.41) is 9.95. The van der Waals surface area contributed by atoms with Crippen LogP contribution in [0.4, 0.5) is 0 Å². The van der Waals surface area contributed by atoms with Crippen molar-refractivity contribution >= 4 is 11.3 Å². The van der Waals surface area contributed by atoms with Gasteiger partial charge in [0.2, 0.25) is 0 Å². The Kier molecular flexibility index (Phi) is 6.74. The molecule has 0 saturated heterocycles. The summed E-state index contributed by atoms with van der Waals surface area (Å²) in [5.74, 6) is 0. The third kappa shape index (κ3) is 5.13. The van der Waals surface area contributed by atoms with E-state index in [1.165, 1.54) is 37.0 Å². The van der Waals surface area contributed by atoms with E-state index in [2.05, 4.69) is 26.0 Å².